The van der Waals surface area contributed by atoms with Gasteiger partial charge in [0, 0.05) is 36.9 Å². The second-order valence-corrected chi connectivity index (χ2v) is 10.4. The first-order valence-corrected chi connectivity index (χ1v) is 14.1. The van der Waals surface area contributed by atoms with Crippen LogP contribution >= 0.6 is 0 Å². The monoisotopic (exact) mass is 504 g/mol. The fourth-order valence-corrected chi connectivity index (χ4v) is 5.17. The van der Waals surface area contributed by atoms with Gasteiger partial charge in [-0.15, -0.1) is 0 Å². The van der Waals surface area contributed by atoms with Gasteiger partial charge in [-0.05, 0) is 83.7 Å². The highest BCUT2D eigenvalue weighted by Crippen LogP contribution is 2.36. The minimum Gasteiger partial charge on any atom is -0.498 e. The van der Waals surface area contributed by atoms with E-state index in [1.54, 1.807) is 0 Å². The molecule has 5 nitrogen and oxygen atoms in total. The molecule has 1 aliphatic rings. The molecule has 1 aliphatic heterocycles. The Morgan fingerprint density at radius 3 is 2.65 bits per heavy atom. The molecule has 37 heavy (non-hydrogen) atoms. The van der Waals surface area contributed by atoms with E-state index in [0.29, 0.717) is 12.6 Å². The molecule has 0 saturated heterocycles. The van der Waals surface area contributed by atoms with Crippen LogP contribution in [0.4, 0.5) is 5.69 Å². The summed E-state index contributed by atoms with van der Waals surface area (Å²) in [6.07, 6.45) is 15.0. The number of likely N-dealkylation sites (N-methyl/N-ethyl adjacent to an activating group) is 1. The van der Waals surface area contributed by atoms with Gasteiger partial charge in [0.05, 0.1) is 29.0 Å². The van der Waals surface area contributed by atoms with Crippen LogP contribution in [0.3, 0.4) is 0 Å². The van der Waals surface area contributed by atoms with Gasteiger partial charge >= 0.3 is 0 Å². The van der Waals surface area contributed by atoms with Crippen molar-refractivity contribution < 1.29 is 4.74 Å². The number of nitrogens with zero attached hydrogens (tertiary/aromatic N) is 3. The maximum Gasteiger partial charge on any atom is 0.102 e. The molecule has 0 saturated carbocycles. The van der Waals surface area contributed by atoms with Crippen molar-refractivity contribution >= 4 is 22.3 Å². The van der Waals surface area contributed by atoms with Gasteiger partial charge < -0.3 is 19.5 Å². The number of rotatable bonds is 12. The van der Waals surface area contributed by atoms with Gasteiger partial charge in [-0.25, -0.2) is 4.98 Å². The Bertz CT molecular complexity index is 1180. The van der Waals surface area contributed by atoms with Crippen LogP contribution in [0.1, 0.15) is 83.8 Å². The lowest BCUT2D eigenvalue weighted by molar-refractivity contribution is 0.216. The zero-order chi connectivity index (χ0) is 26.9. The first-order chi connectivity index (χ1) is 17.8. The Labute approximate surface area is 225 Å². The van der Waals surface area contributed by atoms with E-state index in [-0.39, 0.29) is 0 Å². The van der Waals surface area contributed by atoms with Crippen molar-refractivity contribution in [3.63, 3.8) is 0 Å². The first kappa shape index (κ1) is 28.8. The van der Waals surface area contributed by atoms with Crippen molar-refractivity contribution in [2.24, 2.45) is 0 Å². The van der Waals surface area contributed by atoms with Crippen LogP contribution in [0.2, 0.25) is 0 Å². The predicted molar refractivity (Wildman–Crippen MR) is 160 cm³/mol. The Balaban J connectivity index is 2.20. The van der Waals surface area contributed by atoms with Crippen LogP contribution in [0, 0.1) is 6.92 Å². The number of allylic oxidation sites excluding steroid dienone is 6. The fourth-order valence-electron chi connectivity index (χ4n) is 5.17. The third-order valence-corrected chi connectivity index (χ3v) is 7.01. The summed E-state index contributed by atoms with van der Waals surface area (Å²) in [5, 5.41) is 3.83. The molecule has 5 heteroatoms. The van der Waals surface area contributed by atoms with Gasteiger partial charge in [0.1, 0.15) is 5.76 Å². The van der Waals surface area contributed by atoms with Crippen LogP contribution in [0.25, 0.3) is 16.6 Å². The Kier molecular flexibility index (Phi) is 10.6. The van der Waals surface area contributed by atoms with E-state index in [4.69, 9.17) is 9.72 Å². The summed E-state index contributed by atoms with van der Waals surface area (Å²) in [6, 6.07) is 2.58. The summed E-state index contributed by atoms with van der Waals surface area (Å²) >= 11 is 0. The minimum absolute atomic E-state index is 0.350. The number of nitrogens with one attached hydrogen (secondary N) is 1. The number of pyridine rings is 1. The molecule has 2 aromatic rings. The quantitative estimate of drug-likeness (QED) is 0.182. The van der Waals surface area contributed by atoms with Crippen molar-refractivity contribution in [3.8, 4) is 0 Å². The molecule has 0 amide bonds. The third kappa shape index (κ3) is 6.95. The number of aromatic nitrogens is 2. The average molecular weight is 505 g/mol. The molecule has 0 aliphatic carbocycles. The average Bonchev–Trinajstić information content (AvgIpc) is 3.17. The normalized spacial score (nSPS) is 15.8. The number of hydrogen-bond acceptors (Lipinski definition) is 4. The molecule has 0 atom stereocenters. The van der Waals surface area contributed by atoms with E-state index in [1.807, 2.05) is 0 Å². The SMILES string of the molecule is CC/C=C/C=C\C(=C(/C)OCCC)c1cc(NCC2=CCCN(C)C2)c2c(n1)c(C)c(CC)n2C(C)C. The lowest BCUT2D eigenvalue weighted by Gasteiger charge is -2.24. The topological polar surface area (TPSA) is 42.3 Å². The van der Waals surface area contributed by atoms with Crippen LogP contribution in [-0.4, -0.2) is 47.7 Å². The lowest BCUT2D eigenvalue weighted by atomic mass is 10.1. The van der Waals surface area contributed by atoms with E-state index in [2.05, 4.69) is 107 Å². The molecule has 3 heterocycles. The Morgan fingerprint density at radius 2 is 2.00 bits per heavy atom. The molecular formula is C32H48N4O. The van der Waals surface area contributed by atoms with Crippen molar-refractivity contribution in [1.82, 2.24) is 14.5 Å². The zero-order valence-corrected chi connectivity index (χ0v) is 24.4. The number of hydrogen-bond donors (Lipinski definition) is 1. The molecule has 1 N–H and O–H groups in total. The van der Waals surface area contributed by atoms with E-state index < -0.39 is 0 Å². The van der Waals surface area contributed by atoms with Gasteiger partial charge in [-0.2, -0.15) is 0 Å². The summed E-state index contributed by atoms with van der Waals surface area (Å²) in [7, 11) is 2.20. The summed E-state index contributed by atoms with van der Waals surface area (Å²) < 4.78 is 8.61. The number of aryl methyl sites for hydroxylation is 1. The van der Waals surface area contributed by atoms with E-state index in [0.717, 1.165) is 73.5 Å². The lowest BCUT2D eigenvalue weighted by Crippen LogP contribution is -2.28. The fraction of sp³-hybridized carbons (Fsp3) is 0.531. The first-order valence-electron chi connectivity index (χ1n) is 14.1. The van der Waals surface area contributed by atoms with E-state index in [1.165, 1.54) is 22.3 Å². The molecular weight excluding hydrogens is 456 g/mol. The summed E-state index contributed by atoms with van der Waals surface area (Å²) in [5.41, 5.74) is 9.49. The highest BCUT2D eigenvalue weighted by Gasteiger charge is 2.22. The molecule has 0 unspecified atom stereocenters. The van der Waals surface area contributed by atoms with Crippen molar-refractivity contribution in [2.45, 2.75) is 80.2 Å². The highest BCUT2D eigenvalue weighted by molar-refractivity contribution is 5.95. The number of anilines is 1. The summed E-state index contributed by atoms with van der Waals surface area (Å²) in [6.45, 7) is 19.0. The standard InChI is InChI=1S/C32H48N4O/c1-9-12-13-14-17-27(25(7)37-19-10-2)28-20-29(33-21-26-16-15-18-35(8)22-26)32-31(34-28)24(6)30(11-3)36(32)23(4)5/h12-14,16-17,20,23H,9-11,15,18-19,21-22H2,1-8H3,(H,33,34)/b13-12+,17-14-,27-25-. The van der Waals surface area contributed by atoms with Crippen LogP contribution in [-0.2, 0) is 11.2 Å². The molecule has 3 rings (SSSR count). The van der Waals surface area contributed by atoms with Gasteiger partial charge in [-0.3, -0.25) is 0 Å². The van der Waals surface area contributed by atoms with Crippen LogP contribution < -0.4 is 5.32 Å². The van der Waals surface area contributed by atoms with Gasteiger partial charge in [-0.1, -0.05) is 45.1 Å². The minimum atomic E-state index is 0.350. The Morgan fingerprint density at radius 1 is 1.22 bits per heavy atom. The highest BCUT2D eigenvalue weighted by atomic mass is 16.5. The van der Waals surface area contributed by atoms with Crippen molar-refractivity contribution in [3.05, 3.63) is 64.7 Å². The van der Waals surface area contributed by atoms with Crippen molar-refractivity contribution in [2.75, 3.05) is 38.6 Å². The van der Waals surface area contributed by atoms with Gasteiger partial charge in [0.15, 0.2) is 0 Å². The Hall–Kier alpha value is -2.79. The van der Waals surface area contributed by atoms with E-state index in [9.17, 15) is 0 Å². The van der Waals surface area contributed by atoms with Crippen molar-refractivity contribution in [1.29, 1.82) is 0 Å². The molecule has 202 valence electrons. The molecule has 0 radical (unpaired) electrons. The third-order valence-electron chi connectivity index (χ3n) is 7.01. The number of fused-ring (bicyclic) bond motifs is 1. The maximum atomic E-state index is 6.13. The maximum absolute atomic E-state index is 6.13. The van der Waals surface area contributed by atoms with Gasteiger partial charge in [0.25, 0.3) is 0 Å². The van der Waals surface area contributed by atoms with Crippen LogP contribution in [0.15, 0.2) is 47.8 Å². The second-order valence-electron chi connectivity index (χ2n) is 10.4. The molecule has 2 aromatic heterocycles. The molecule has 0 spiro atoms. The zero-order valence-electron chi connectivity index (χ0n) is 24.4. The van der Waals surface area contributed by atoms with Crippen LogP contribution in [0.5, 0.6) is 0 Å². The second kappa shape index (κ2) is 13.7. The smallest absolute Gasteiger partial charge is 0.102 e. The summed E-state index contributed by atoms with van der Waals surface area (Å²) in [5.74, 6) is 0.911. The largest absolute Gasteiger partial charge is 0.498 e. The molecule has 0 fully saturated rings. The molecule has 0 bridgehead atoms. The van der Waals surface area contributed by atoms with Gasteiger partial charge in [0.2, 0.25) is 0 Å². The summed E-state index contributed by atoms with van der Waals surface area (Å²) in [4.78, 5) is 7.68. The molecule has 0 aromatic carbocycles. The van der Waals surface area contributed by atoms with E-state index >= 15 is 0 Å². The number of ether oxygens (including phenoxy) is 1. The predicted octanol–water partition coefficient (Wildman–Crippen LogP) is 7.84.